The predicted molar refractivity (Wildman–Crippen MR) is 158 cm³/mol. The van der Waals surface area contributed by atoms with Gasteiger partial charge in [0.05, 0.1) is 24.0 Å². The number of nitrogens with zero attached hydrogens (tertiary/aromatic N) is 6. The maximum absolute atomic E-state index is 12.4. The maximum atomic E-state index is 12.4. The number of benzene rings is 1. The van der Waals surface area contributed by atoms with Gasteiger partial charge in [-0.25, -0.2) is 19.4 Å². The minimum absolute atomic E-state index is 0.0523. The highest BCUT2D eigenvalue weighted by atomic mass is 35.5. The number of likely N-dealkylation sites (tertiary alicyclic amines) is 1. The number of aliphatic carboxylic acids is 1. The largest absolute Gasteiger partial charge is 0.490 e. The van der Waals surface area contributed by atoms with Crippen molar-refractivity contribution in [3.63, 3.8) is 0 Å². The lowest BCUT2D eigenvalue weighted by Crippen LogP contribution is -2.49. The first-order chi connectivity index (χ1) is 20.8. The molecular weight excluding hydrogens is 622 g/mol. The Labute approximate surface area is 261 Å². The molecule has 3 unspecified atom stereocenters. The van der Waals surface area contributed by atoms with Gasteiger partial charge in [-0.1, -0.05) is 42.3 Å². The van der Waals surface area contributed by atoms with Crippen LogP contribution in [0.5, 0.6) is 0 Å². The Morgan fingerprint density at radius 3 is 2.57 bits per heavy atom. The normalized spacial score (nSPS) is 21.2. The molecule has 0 spiro atoms. The molecule has 1 aliphatic carbocycles. The van der Waals surface area contributed by atoms with Gasteiger partial charge in [0, 0.05) is 23.1 Å². The molecule has 10 nitrogen and oxygen atoms in total. The quantitative estimate of drug-likeness (QED) is 0.362. The Hall–Kier alpha value is -3.73. The summed E-state index contributed by atoms with van der Waals surface area (Å²) in [5.74, 6) is -2.30. The summed E-state index contributed by atoms with van der Waals surface area (Å²) in [7, 11) is 1.71. The minimum atomic E-state index is -5.08. The van der Waals surface area contributed by atoms with Crippen LogP contribution in [0, 0.1) is 17.2 Å². The first-order valence-electron chi connectivity index (χ1n) is 13.8. The molecule has 1 saturated heterocycles. The molecule has 44 heavy (non-hydrogen) atoms. The second-order valence-electron chi connectivity index (χ2n) is 10.7. The van der Waals surface area contributed by atoms with Crippen molar-refractivity contribution in [1.82, 2.24) is 30.0 Å². The van der Waals surface area contributed by atoms with Crippen LogP contribution in [-0.4, -0.2) is 73.5 Å². The van der Waals surface area contributed by atoms with Gasteiger partial charge in [0.15, 0.2) is 11.3 Å². The van der Waals surface area contributed by atoms with Crippen LogP contribution in [0.3, 0.4) is 0 Å². The number of carbonyl (C=O) groups is 2. The predicted octanol–water partition coefficient (Wildman–Crippen LogP) is 5.64. The number of hydrogen-bond acceptors (Lipinski definition) is 7. The number of alkyl halides is 3. The SMILES string of the molecule is CNC(=O)C1CCCN1[C@H]1CC=C(c2cnc3c(C#N)nn(C(C)c4ccc(Cl)cc4Cl)c3n2)CC1C.O=C(O)C(F)(F)F. The van der Waals surface area contributed by atoms with Gasteiger partial charge in [-0.05, 0) is 68.3 Å². The minimum Gasteiger partial charge on any atom is -0.475 e. The Morgan fingerprint density at radius 1 is 1.27 bits per heavy atom. The molecular formula is C29H30Cl2F3N7O3. The summed E-state index contributed by atoms with van der Waals surface area (Å²) in [5.41, 5.74) is 3.97. The average molecular weight is 653 g/mol. The van der Waals surface area contributed by atoms with E-state index in [9.17, 15) is 23.2 Å². The van der Waals surface area contributed by atoms with Gasteiger partial charge >= 0.3 is 12.1 Å². The third-order valence-corrected chi connectivity index (χ3v) is 8.50. The first-order valence-corrected chi connectivity index (χ1v) is 14.6. The van der Waals surface area contributed by atoms with Gasteiger partial charge in [-0.3, -0.25) is 9.69 Å². The number of carboxylic acid groups (broad SMARTS) is 1. The smallest absolute Gasteiger partial charge is 0.475 e. The van der Waals surface area contributed by atoms with E-state index in [1.54, 1.807) is 30.1 Å². The number of halogens is 5. The molecule has 4 atom stereocenters. The molecule has 2 N–H and O–H groups in total. The summed E-state index contributed by atoms with van der Waals surface area (Å²) in [5, 5.41) is 25.2. The maximum Gasteiger partial charge on any atom is 0.490 e. The van der Waals surface area contributed by atoms with E-state index >= 15 is 0 Å². The number of nitrogens with one attached hydrogen (secondary N) is 1. The van der Waals surface area contributed by atoms with E-state index in [-0.39, 0.29) is 23.7 Å². The zero-order chi connectivity index (χ0) is 32.3. The summed E-state index contributed by atoms with van der Waals surface area (Å²) in [4.78, 5) is 33.2. The summed E-state index contributed by atoms with van der Waals surface area (Å²) >= 11 is 12.6. The molecule has 2 aromatic heterocycles. The number of rotatable bonds is 5. The van der Waals surface area contributed by atoms with E-state index in [1.165, 1.54) is 0 Å². The lowest BCUT2D eigenvalue weighted by Gasteiger charge is -2.38. The summed E-state index contributed by atoms with van der Waals surface area (Å²) in [6, 6.07) is 7.47. The third kappa shape index (κ3) is 6.98. The molecule has 2 aliphatic rings. The van der Waals surface area contributed by atoms with Crippen molar-refractivity contribution in [2.75, 3.05) is 13.6 Å². The fraction of sp³-hybridized carbons (Fsp3) is 0.448. The number of allylic oxidation sites excluding steroid dienone is 1. The highest BCUT2D eigenvalue weighted by Gasteiger charge is 2.39. The number of carbonyl (C=O) groups excluding carboxylic acids is 1. The van der Waals surface area contributed by atoms with Crippen molar-refractivity contribution >= 4 is 51.8 Å². The van der Waals surface area contributed by atoms with Crippen molar-refractivity contribution in [3.8, 4) is 6.07 Å². The standard InChI is InChI=1S/C27H29Cl2N7O.C2HF3O2/c1-15-11-17(6-9-23(15)35-10-4-5-24(35)27(37)31-3)22-14-32-25-21(13-30)34-36(26(25)33-22)16(2)19-8-7-18(28)12-20(19)29;3-2(4,5)1(6)7/h6-8,12,14-16,23-24H,4-5,9-11H2,1-3H3,(H,31,37);(H,6,7)/t15?,16?,23-,24?;/m0./s1. The molecule has 234 valence electrons. The number of amides is 1. The van der Waals surface area contributed by atoms with Gasteiger partial charge in [0.1, 0.15) is 11.6 Å². The summed E-state index contributed by atoms with van der Waals surface area (Å²) in [6.07, 6.45) is 2.51. The monoisotopic (exact) mass is 651 g/mol. The molecule has 1 fully saturated rings. The molecule has 3 heterocycles. The number of aromatic nitrogens is 4. The number of hydrogen-bond donors (Lipinski definition) is 2. The van der Waals surface area contributed by atoms with Crippen LogP contribution in [-0.2, 0) is 9.59 Å². The van der Waals surface area contributed by atoms with Crippen LogP contribution in [0.15, 0.2) is 30.5 Å². The van der Waals surface area contributed by atoms with Crippen LogP contribution in [0.1, 0.15) is 62.5 Å². The van der Waals surface area contributed by atoms with Crippen LogP contribution in [0.4, 0.5) is 13.2 Å². The Bertz CT molecular complexity index is 1640. The topological polar surface area (TPSA) is 137 Å². The Morgan fingerprint density at radius 2 is 1.98 bits per heavy atom. The number of fused-ring (bicyclic) bond motifs is 1. The van der Waals surface area contributed by atoms with Crippen LogP contribution in [0.25, 0.3) is 16.7 Å². The van der Waals surface area contributed by atoms with Crippen molar-refractivity contribution < 1.29 is 27.9 Å². The molecule has 15 heteroatoms. The average Bonchev–Trinajstić information content (AvgIpc) is 3.61. The molecule has 0 saturated carbocycles. The fourth-order valence-electron chi connectivity index (χ4n) is 5.75. The second-order valence-corrected chi connectivity index (χ2v) is 11.5. The van der Waals surface area contributed by atoms with Gasteiger partial charge < -0.3 is 10.4 Å². The lowest BCUT2D eigenvalue weighted by molar-refractivity contribution is -0.192. The Balaban J connectivity index is 0.000000566. The Kier molecular flexibility index (Phi) is 10.2. The van der Waals surface area contributed by atoms with Crippen LogP contribution >= 0.6 is 23.2 Å². The van der Waals surface area contributed by atoms with Gasteiger partial charge in [-0.15, -0.1) is 0 Å². The van der Waals surface area contributed by atoms with Crippen LogP contribution < -0.4 is 5.32 Å². The van der Waals surface area contributed by atoms with E-state index in [0.29, 0.717) is 33.2 Å². The van der Waals surface area contributed by atoms with Gasteiger partial charge in [-0.2, -0.15) is 23.5 Å². The third-order valence-electron chi connectivity index (χ3n) is 7.93. The van der Waals surface area contributed by atoms with Gasteiger partial charge in [0.25, 0.3) is 0 Å². The molecule has 5 rings (SSSR count). The summed E-state index contributed by atoms with van der Waals surface area (Å²) in [6.45, 7) is 5.15. The second kappa shape index (κ2) is 13.5. The van der Waals surface area contributed by atoms with Crippen molar-refractivity contribution in [2.45, 2.75) is 63.8 Å². The number of carboxylic acids is 1. The van der Waals surface area contributed by atoms with Gasteiger partial charge in [0.2, 0.25) is 5.91 Å². The van der Waals surface area contributed by atoms with Crippen molar-refractivity contribution in [3.05, 3.63) is 57.5 Å². The molecule has 0 bridgehead atoms. The lowest BCUT2D eigenvalue weighted by atomic mass is 9.83. The first kappa shape index (κ1) is 33.2. The molecule has 1 aromatic carbocycles. The van der Waals surface area contributed by atoms with E-state index in [2.05, 4.69) is 39.4 Å². The molecule has 1 amide bonds. The zero-order valence-corrected chi connectivity index (χ0v) is 25.6. The number of likely N-dealkylation sites (N-methyl/N-ethyl adjacent to an activating group) is 1. The molecule has 1 aliphatic heterocycles. The van der Waals surface area contributed by atoms with Crippen molar-refractivity contribution in [2.24, 2.45) is 5.92 Å². The molecule has 0 radical (unpaired) electrons. The van der Waals surface area contributed by atoms with E-state index in [1.807, 2.05) is 13.0 Å². The van der Waals surface area contributed by atoms with Crippen LogP contribution in [0.2, 0.25) is 10.0 Å². The zero-order valence-electron chi connectivity index (χ0n) is 24.1. The molecule has 3 aromatic rings. The van der Waals surface area contributed by atoms with Crippen molar-refractivity contribution in [1.29, 1.82) is 5.26 Å². The summed E-state index contributed by atoms with van der Waals surface area (Å²) < 4.78 is 33.5. The van der Waals surface area contributed by atoms with E-state index in [0.717, 1.165) is 49.1 Å². The highest BCUT2D eigenvalue weighted by Crippen LogP contribution is 2.37. The van der Waals surface area contributed by atoms with E-state index in [4.69, 9.17) is 38.1 Å². The van der Waals surface area contributed by atoms with E-state index < -0.39 is 12.1 Å². The number of nitriles is 1. The fourth-order valence-corrected chi connectivity index (χ4v) is 6.31. The highest BCUT2D eigenvalue weighted by molar-refractivity contribution is 6.35.